The molecule has 4 nitrogen and oxygen atoms in total. The van der Waals surface area contributed by atoms with Crippen LogP contribution in [0.4, 0.5) is 10.1 Å². The molecule has 0 aliphatic carbocycles. The lowest BCUT2D eigenvalue weighted by Crippen LogP contribution is -2.39. The summed E-state index contributed by atoms with van der Waals surface area (Å²) in [6.07, 6.45) is 1.91. The average molecular weight is 286 g/mol. The number of benzene rings is 1. The van der Waals surface area contributed by atoms with Crippen LogP contribution in [0.1, 0.15) is 19.8 Å². The van der Waals surface area contributed by atoms with Crippen LogP contribution in [-0.4, -0.2) is 33.3 Å². The number of hydrogen-bond acceptors (Lipinski definition) is 3. The van der Waals surface area contributed by atoms with Gasteiger partial charge in [0.2, 0.25) is 10.0 Å². The molecule has 1 heterocycles. The van der Waals surface area contributed by atoms with Crippen LogP contribution in [0.15, 0.2) is 24.3 Å². The summed E-state index contributed by atoms with van der Waals surface area (Å²) in [6.45, 7) is 3.01. The van der Waals surface area contributed by atoms with Gasteiger partial charge in [0.05, 0.1) is 11.4 Å². The van der Waals surface area contributed by atoms with Crippen molar-refractivity contribution in [2.45, 2.75) is 25.8 Å². The van der Waals surface area contributed by atoms with E-state index in [4.69, 9.17) is 0 Å². The highest BCUT2D eigenvalue weighted by atomic mass is 32.2. The van der Waals surface area contributed by atoms with E-state index in [0.717, 1.165) is 19.4 Å². The van der Waals surface area contributed by atoms with Gasteiger partial charge in [-0.3, -0.25) is 4.31 Å². The highest BCUT2D eigenvalue weighted by Gasteiger charge is 2.27. The molecule has 0 radical (unpaired) electrons. The van der Waals surface area contributed by atoms with Crippen molar-refractivity contribution in [3.8, 4) is 0 Å². The van der Waals surface area contributed by atoms with Crippen LogP contribution in [-0.2, 0) is 10.0 Å². The van der Waals surface area contributed by atoms with Gasteiger partial charge < -0.3 is 5.32 Å². The third-order valence-electron chi connectivity index (χ3n) is 3.31. The molecule has 1 saturated heterocycles. The van der Waals surface area contributed by atoms with E-state index in [9.17, 15) is 12.8 Å². The highest BCUT2D eigenvalue weighted by Crippen LogP contribution is 2.20. The first-order chi connectivity index (χ1) is 9.03. The first-order valence-electron chi connectivity index (χ1n) is 6.52. The van der Waals surface area contributed by atoms with Crippen molar-refractivity contribution in [1.82, 2.24) is 5.32 Å². The molecule has 0 bridgehead atoms. The fourth-order valence-corrected chi connectivity index (χ4v) is 4.20. The Bertz CT molecular complexity index is 510. The standard InChI is InChI=1S/C13H19FN2O2S/c1-2-16(13-7-5-11(14)6-8-13)19(17,18)10-12-4-3-9-15-12/h5-8,12,15H,2-4,9-10H2,1H3. The molecule has 19 heavy (non-hydrogen) atoms. The van der Waals surface area contributed by atoms with Gasteiger partial charge >= 0.3 is 0 Å². The summed E-state index contributed by atoms with van der Waals surface area (Å²) in [5, 5.41) is 3.19. The fraction of sp³-hybridized carbons (Fsp3) is 0.538. The van der Waals surface area contributed by atoms with Crippen molar-refractivity contribution < 1.29 is 12.8 Å². The minimum atomic E-state index is -3.37. The molecule has 0 amide bonds. The summed E-state index contributed by atoms with van der Waals surface area (Å²) < 4.78 is 39.0. The van der Waals surface area contributed by atoms with Gasteiger partial charge in [0.1, 0.15) is 5.82 Å². The van der Waals surface area contributed by atoms with Gasteiger partial charge in [-0.25, -0.2) is 12.8 Å². The Labute approximate surface area is 113 Å². The molecule has 1 unspecified atom stereocenters. The third kappa shape index (κ3) is 3.45. The van der Waals surface area contributed by atoms with Crippen molar-refractivity contribution in [1.29, 1.82) is 0 Å². The number of nitrogens with zero attached hydrogens (tertiary/aromatic N) is 1. The maximum Gasteiger partial charge on any atom is 0.236 e. The Morgan fingerprint density at radius 3 is 2.58 bits per heavy atom. The number of nitrogens with one attached hydrogen (secondary N) is 1. The monoisotopic (exact) mass is 286 g/mol. The Morgan fingerprint density at radius 2 is 2.05 bits per heavy atom. The molecule has 1 N–H and O–H groups in total. The number of halogens is 1. The maximum absolute atomic E-state index is 12.9. The average Bonchev–Trinajstić information content (AvgIpc) is 2.84. The van der Waals surface area contributed by atoms with Crippen LogP contribution >= 0.6 is 0 Å². The molecule has 1 aliphatic heterocycles. The summed E-state index contributed by atoms with van der Waals surface area (Å²) in [5.41, 5.74) is 0.516. The molecule has 1 aliphatic rings. The lowest BCUT2D eigenvalue weighted by molar-refractivity contribution is 0.573. The third-order valence-corrected chi connectivity index (χ3v) is 5.28. The second kappa shape index (κ2) is 5.88. The van der Waals surface area contributed by atoms with Crippen LogP contribution in [0, 0.1) is 5.82 Å². The molecule has 6 heteroatoms. The molecular formula is C13H19FN2O2S. The van der Waals surface area contributed by atoms with E-state index in [0.29, 0.717) is 12.2 Å². The molecule has 106 valence electrons. The van der Waals surface area contributed by atoms with E-state index < -0.39 is 10.0 Å². The molecule has 1 aromatic rings. The van der Waals surface area contributed by atoms with Gasteiger partial charge in [-0.15, -0.1) is 0 Å². The van der Waals surface area contributed by atoms with Crippen LogP contribution in [0.2, 0.25) is 0 Å². The summed E-state index contributed by atoms with van der Waals surface area (Å²) in [4.78, 5) is 0. The van der Waals surface area contributed by atoms with E-state index in [1.54, 1.807) is 6.92 Å². The molecule has 1 fully saturated rings. The normalized spacial score (nSPS) is 19.6. The molecule has 2 rings (SSSR count). The van der Waals surface area contributed by atoms with Crippen LogP contribution in [0.25, 0.3) is 0 Å². The van der Waals surface area contributed by atoms with Gasteiger partial charge in [0.15, 0.2) is 0 Å². The van der Waals surface area contributed by atoms with E-state index >= 15 is 0 Å². The number of rotatable bonds is 5. The van der Waals surface area contributed by atoms with Crippen molar-refractivity contribution >= 4 is 15.7 Å². The van der Waals surface area contributed by atoms with Crippen molar-refractivity contribution in [2.75, 3.05) is 23.1 Å². The SMILES string of the molecule is CCN(c1ccc(F)cc1)S(=O)(=O)CC1CCCN1. The van der Waals surface area contributed by atoms with Crippen molar-refractivity contribution in [3.63, 3.8) is 0 Å². The summed E-state index contributed by atoms with van der Waals surface area (Å²) in [7, 11) is -3.37. The van der Waals surface area contributed by atoms with Crippen molar-refractivity contribution in [3.05, 3.63) is 30.1 Å². The first kappa shape index (κ1) is 14.3. The van der Waals surface area contributed by atoms with Gasteiger partial charge in [-0.2, -0.15) is 0 Å². The lowest BCUT2D eigenvalue weighted by atomic mass is 10.3. The van der Waals surface area contributed by atoms with E-state index in [-0.39, 0.29) is 17.6 Å². The van der Waals surface area contributed by atoms with Gasteiger partial charge in [-0.1, -0.05) is 0 Å². The molecule has 0 spiro atoms. The van der Waals surface area contributed by atoms with Gasteiger partial charge in [0.25, 0.3) is 0 Å². The molecule has 1 aromatic carbocycles. The van der Waals surface area contributed by atoms with E-state index in [1.807, 2.05) is 0 Å². The Morgan fingerprint density at radius 1 is 1.37 bits per heavy atom. The minimum absolute atomic E-state index is 0.0273. The topological polar surface area (TPSA) is 49.4 Å². The Kier molecular flexibility index (Phi) is 4.42. The Balaban J connectivity index is 2.17. The molecule has 1 atom stereocenters. The molecular weight excluding hydrogens is 267 g/mol. The predicted octanol–water partition coefficient (Wildman–Crippen LogP) is 1.73. The number of hydrogen-bond donors (Lipinski definition) is 1. The molecule has 0 saturated carbocycles. The van der Waals surface area contributed by atoms with Gasteiger partial charge in [0, 0.05) is 12.6 Å². The Hall–Kier alpha value is -1.14. The zero-order chi connectivity index (χ0) is 13.9. The van der Waals surface area contributed by atoms with Crippen LogP contribution in [0.5, 0.6) is 0 Å². The number of anilines is 1. The summed E-state index contributed by atoms with van der Waals surface area (Å²) >= 11 is 0. The lowest BCUT2D eigenvalue weighted by Gasteiger charge is -2.24. The predicted molar refractivity (Wildman–Crippen MR) is 74.2 cm³/mol. The highest BCUT2D eigenvalue weighted by molar-refractivity contribution is 7.92. The largest absolute Gasteiger partial charge is 0.313 e. The minimum Gasteiger partial charge on any atom is -0.313 e. The summed E-state index contributed by atoms with van der Waals surface area (Å²) in [6, 6.07) is 5.58. The fourth-order valence-electron chi connectivity index (χ4n) is 2.39. The second-order valence-electron chi connectivity index (χ2n) is 4.71. The smallest absolute Gasteiger partial charge is 0.236 e. The quantitative estimate of drug-likeness (QED) is 0.897. The second-order valence-corrected chi connectivity index (χ2v) is 6.65. The van der Waals surface area contributed by atoms with E-state index in [2.05, 4.69) is 5.32 Å². The summed E-state index contributed by atoms with van der Waals surface area (Å²) in [5.74, 6) is -0.271. The van der Waals surface area contributed by atoms with E-state index in [1.165, 1.54) is 28.6 Å². The zero-order valence-electron chi connectivity index (χ0n) is 11.0. The van der Waals surface area contributed by atoms with Gasteiger partial charge in [-0.05, 0) is 50.6 Å². The zero-order valence-corrected chi connectivity index (χ0v) is 11.8. The maximum atomic E-state index is 12.9. The van der Waals surface area contributed by atoms with Crippen LogP contribution < -0.4 is 9.62 Å². The molecule has 0 aromatic heterocycles. The van der Waals surface area contributed by atoms with Crippen LogP contribution in [0.3, 0.4) is 0 Å². The van der Waals surface area contributed by atoms with Crippen molar-refractivity contribution in [2.24, 2.45) is 0 Å². The first-order valence-corrected chi connectivity index (χ1v) is 8.13. The number of sulfonamides is 1.